The number of fused-ring (bicyclic) bond motifs is 1. The van der Waals surface area contributed by atoms with E-state index in [1.807, 2.05) is 12.1 Å². The van der Waals surface area contributed by atoms with Crippen LogP contribution in [-0.2, 0) is 14.3 Å². The zero-order valence-electron chi connectivity index (χ0n) is 13.3. The van der Waals surface area contributed by atoms with Gasteiger partial charge in [0.25, 0.3) is 0 Å². The van der Waals surface area contributed by atoms with E-state index in [1.54, 1.807) is 24.4 Å². The van der Waals surface area contributed by atoms with Crippen molar-refractivity contribution in [2.45, 2.75) is 0 Å². The zero-order valence-corrected chi connectivity index (χ0v) is 13.3. The second kappa shape index (κ2) is 7.85. The molecule has 3 rings (SSSR count). The number of carbonyl (C=O) groups excluding carboxylic acids is 2. The number of benzene rings is 1. The fourth-order valence-electron chi connectivity index (χ4n) is 2.62. The Hall–Kier alpha value is -2.51. The maximum atomic E-state index is 12.1. The minimum atomic E-state index is -0.673. The van der Waals surface area contributed by atoms with Gasteiger partial charge in [-0.05, 0) is 24.3 Å². The number of pyridine rings is 1. The predicted octanol–water partition coefficient (Wildman–Crippen LogP) is 0.622. The second-order valence-corrected chi connectivity index (χ2v) is 5.54. The van der Waals surface area contributed by atoms with Crippen molar-refractivity contribution < 1.29 is 14.3 Å². The van der Waals surface area contributed by atoms with E-state index in [2.05, 4.69) is 20.5 Å². The van der Waals surface area contributed by atoms with Crippen molar-refractivity contribution in [2.75, 3.05) is 44.7 Å². The molecule has 1 aliphatic heterocycles. The molecule has 2 amide bonds. The molecule has 0 unspecified atom stereocenters. The minimum Gasteiger partial charge on any atom is -0.379 e. The van der Waals surface area contributed by atoms with Gasteiger partial charge in [-0.3, -0.25) is 19.5 Å². The number of hydrogen-bond donors (Lipinski definition) is 2. The molecule has 1 aromatic heterocycles. The van der Waals surface area contributed by atoms with Crippen LogP contribution in [0.1, 0.15) is 0 Å². The van der Waals surface area contributed by atoms with Crippen molar-refractivity contribution >= 4 is 28.4 Å². The summed E-state index contributed by atoms with van der Waals surface area (Å²) in [5, 5.41) is 6.10. The summed E-state index contributed by atoms with van der Waals surface area (Å²) in [6, 6.07) is 9.05. The number of aromatic nitrogens is 1. The average Bonchev–Trinajstić information content (AvgIpc) is 2.63. The van der Waals surface area contributed by atoms with Crippen LogP contribution in [0.3, 0.4) is 0 Å². The standard InChI is InChI=1S/C17H20N4O3/c22-16(19-7-8-21-9-11-24-12-10-21)17(23)20-15-5-1-4-14-13(15)3-2-6-18-14/h1-6H,7-12H2,(H,19,22)(H,20,23). The Morgan fingerprint density at radius 3 is 2.79 bits per heavy atom. The first-order valence-corrected chi connectivity index (χ1v) is 7.97. The highest BCUT2D eigenvalue weighted by molar-refractivity contribution is 6.40. The van der Waals surface area contributed by atoms with Crippen LogP contribution in [0.25, 0.3) is 10.9 Å². The summed E-state index contributed by atoms with van der Waals surface area (Å²) in [5.41, 5.74) is 1.34. The molecule has 1 saturated heterocycles. The molecular formula is C17H20N4O3. The third-order valence-corrected chi connectivity index (χ3v) is 3.92. The lowest BCUT2D eigenvalue weighted by Crippen LogP contribution is -2.43. The first-order valence-electron chi connectivity index (χ1n) is 7.97. The average molecular weight is 328 g/mol. The van der Waals surface area contributed by atoms with Gasteiger partial charge < -0.3 is 15.4 Å². The SMILES string of the molecule is O=C(NCCN1CCOCC1)C(=O)Nc1cccc2ncccc12. The molecule has 0 radical (unpaired) electrons. The van der Waals surface area contributed by atoms with E-state index in [4.69, 9.17) is 4.74 Å². The fourth-order valence-corrected chi connectivity index (χ4v) is 2.62. The van der Waals surface area contributed by atoms with Crippen molar-refractivity contribution in [3.8, 4) is 0 Å². The summed E-state index contributed by atoms with van der Waals surface area (Å²) in [7, 11) is 0. The molecule has 0 aliphatic carbocycles. The van der Waals surface area contributed by atoms with Gasteiger partial charge in [0.1, 0.15) is 0 Å². The van der Waals surface area contributed by atoms with Gasteiger partial charge in [0.2, 0.25) is 0 Å². The van der Waals surface area contributed by atoms with Gasteiger partial charge in [-0.1, -0.05) is 6.07 Å². The quantitative estimate of drug-likeness (QED) is 0.804. The molecule has 2 N–H and O–H groups in total. The third-order valence-electron chi connectivity index (χ3n) is 3.92. The molecule has 0 bridgehead atoms. The topological polar surface area (TPSA) is 83.6 Å². The highest BCUT2D eigenvalue weighted by Crippen LogP contribution is 2.20. The molecule has 2 heterocycles. The van der Waals surface area contributed by atoms with Gasteiger partial charge in [-0.2, -0.15) is 0 Å². The van der Waals surface area contributed by atoms with Crippen LogP contribution in [0.5, 0.6) is 0 Å². The highest BCUT2D eigenvalue weighted by Gasteiger charge is 2.16. The predicted molar refractivity (Wildman–Crippen MR) is 90.6 cm³/mol. The van der Waals surface area contributed by atoms with Crippen molar-refractivity contribution in [3.05, 3.63) is 36.5 Å². The molecule has 1 fully saturated rings. The summed E-state index contributed by atoms with van der Waals surface area (Å²) < 4.78 is 5.27. The molecule has 1 aromatic carbocycles. The normalized spacial score (nSPS) is 15.2. The van der Waals surface area contributed by atoms with Gasteiger partial charge in [0.05, 0.1) is 24.4 Å². The zero-order chi connectivity index (χ0) is 16.8. The number of nitrogens with one attached hydrogen (secondary N) is 2. The molecule has 24 heavy (non-hydrogen) atoms. The van der Waals surface area contributed by atoms with Gasteiger partial charge in [0.15, 0.2) is 0 Å². The number of hydrogen-bond acceptors (Lipinski definition) is 5. The molecule has 126 valence electrons. The van der Waals surface area contributed by atoms with E-state index in [1.165, 1.54) is 0 Å². The number of anilines is 1. The van der Waals surface area contributed by atoms with Crippen LogP contribution in [-0.4, -0.2) is 61.1 Å². The smallest absolute Gasteiger partial charge is 0.313 e. The number of ether oxygens (including phenoxy) is 1. The molecule has 0 spiro atoms. The molecular weight excluding hydrogens is 308 g/mol. The highest BCUT2D eigenvalue weighted by atomic mass is 16.5. The van der Waals surface area contributed by atoms with E-state index < -0.39 is 11.8 Å². The number of morpholine rings is 1. The van der Waals surface area contributed by atoms with E-state index in [9.17, 15) is 9.59 Å². The fraction of sp³-hybridized carbons (Fsp3) is 0.353. The van der Waals surface area contributed by atoms with Crippen molar-refractivity contribution in [3.63, 3.8) is 0 Å². The summed E-state index contributed by atoms with van der Waals surface area (Å²) in [6.45, 7) is 4.27. The van der Waals surface area contributed by atoms with Crippen molar-refractivity contribution in [1.29, 1.82) is 0 Å². The minimum absolute atomic E-state index is 0.434. The van der Waals surface area contributed by atoms with Crippen LogP contribution in [0.15, 0.2) is 36.5 Å². The van der Waals surface area contributed by atoms with Crippen LogP contribution in [0.2, 0.25) is 0 Å². The Balaban J connectivity index is 1.53. The Morgan fingerprint density at radius 1 is 1.12 bits per heavy atom. The number of rotatable bonds is 4. The van der Waals surface area contributed by atoms with E-state index in [0.717, 1.165) is 24.0 Å². The summed E-state index contributed by atoms with van der Waals surface area (Å²) in [6.07, 6.45) is 1.69. The van der Waals surface area contributed by atoms with Gasteiger partial charge >= 0.3 is 11.8 Å². The molecule has 0 atom stereocenters. The van der Waals surface area contributed by atoms with Gasteiger partial charge in [-0.15, -0.1) is 0 Å². The first-order chi connectivity index (χ1) is 11.7. The largest absolute Gasteiger partial charge is 0.379 e. The lowest BCUT2D eigenvalue weighted by atomic mass is 10.2. The Morgan fingerprint density at radius 2 is 1.96 bits per heavy atom. The third kappa shape index (κ3) is 4.06. The van der Waals surface area contributed by atoms with Crippen molar-refractivity contribution in [2.24, 2.45) is 0 Å². The molecule has 2 aromatic rings. The van der Waals surface area contributed by atoms with E-state index in [0.29, 0.717) is 32.0 Å². The Labute approximate surface area is 140 Å². The van der Waals surface area contributed by atoms with Crippen LogP contribution in [0, 0.1) is 0 Å². The summed E-state index contributed by atoms with van der Waals surface area (Å²) in [5.74, 6) is -1.31. The summed E-state index contributed by atoms with van der Waals surface area (Å²) in [4.78, 5) is 30.4. The maximum absolute atomic E-state index is 12.1. The first kappa shape index (κ1) is 16.4. The second-order valence-electron chi connectivity index (χ2n) is 5.54. The van der Waals surface area contributed by atoms with Crippen LogP contribution in [0.4, 0.5) is 5.69 Å². The summed E-state index contributed by atoms with van der Waals surface area (Å²) >= 11 is 0. The monoisotopic (exact) mass is 328 g/mol. The van der Waals surface area contributed by atoms with E-state index >= 15 is 0 Å². The Kier molecular flexibility index (Phi) is 5.35. The lowest BCUT2D eigenvalue weighted by Gasteiger charge is -2.26. The molecule has 0 saturated carbocycles. The maximum Gasteiger partial charge on any atom is 0.313 e. The lowest BCUT2D eigenvalue weighted by molar-refractivity contribution is -0.136. The Bertz CT molecular complexity index is 723. The van der Waals surface area contributed by atoms with Gasteiger partial charge in [-0.25, -0.2) is 0 Å². The van der Waals surface area contributed by atoms with Crippen LogP contribution < -0.4 is 10.6 Å². The van der Waals surface area contributed by atoms with Gasteiger partial charge in [0, 0.05) is 37.8 Å². The molecule has 7 nitrogen and oxygen atoms in total. The van der Waals surface area contributed by atoms with Crippen molar-refractivity contribution in [1.82, 2.24) is 15.2 Å². The number of nitrogens with zero attached hydrogens (tertiary/aromatic N) is 2. The molecule has 1 aliphatic rings. The van der Waals surface area contributed by atoms with Crippen LogP contribution >= 0.6 is 0 Å². The molecule has 7 heteroatoms. The van der Waals surface area contributed by atoms with E-state index in [-0.39, 0.29) is 0 Å². The number of amides is 2. The number of carbonyl (C=O) groups is 2.